The lowest BCUT2D eigenvalue weighted by molar-refractivity contribution is 0.590. The van der Waals surface area contributed by atoms with Gasteiger partial charge >= 0.3 is 0 Å². The number of fused-ring (bicyclic) bond motifs is 14. The molecule has 0 aliphatic rings. The van der Waals surface area contributed by atoms with Crippen molar-refractivity contribution in [2.75, 3.05) is 9.80 Å². The van der Waals surface area contributed by atoms with Gasteiger partial charge in [-0.25, -0.2) is 0 Å². The standard InChI is InChI=1S/C86H65N3O/c1-85(2,3)64-30-20-57(21-31-64)59-24-34-66(35-25-59)87(68-38-28-55-16-10-12-18-61(55)48-68)70-40-42-72-77-50-63(54-14-8-7-9-15-54)51-78-75-45-44-73-74(83(75)89(84(77)78)79(72)52-70)46-47-80-82(73)76-43-41-71(53-81(76)90-80)88(69-39-29-56-17-11-13-19-62(56)49-69)67-36-26-60(27-37-67)58-22-32-65(33-23-58)86(4,5)6/h7-53H,1-6H3. The van der Waals surface area contributed by atoms with Gasteiger partial charge in [0, 0.05) is 77.9 Å². The summed E-state index contributed by atoms with van der Waals surface area (Å²) in [6, 6.07) is 106. The van der Waals surface area contributed by atoms with E-state index in [2.05, 4.69) is 341 Å². The first-order valence-electron chi connectivity index (χ1n) is 31.4. The van der Waals surface area contributed by atoms with Crippen molar-refractivity contribution in [1.29, 1.82) is 0 Å². The number of nitrogens with zero attached hydrogens (tertiary/aromatic N) is 3. The molecule has 0 fully saturated rings. The van der Waals surface area contributed by atoms with Crippen LogP contribution in [0, 0.1) is 0 Å². The van der Waals surface area contributed by atoms with Gasteiger partial charge in [0.2, 0.25) is 0 Å². The van der Waals surface area contributed by atoms with Crippen LogP contribution in [-0.4, -0.2) is 4.40 Å². The SMILES string of the molecule is CC(C)(C)c1ccc(-c2ccc(N(c3ccc4ccccc4c3)c3ccc4c(c3)oc3ccc5c(ccc6c7cc(-c8ccccc8)cc8c9ccc(N(c%10ccc(-c%11ccc(C(C)(C)C)cc%11)cc%10)c%10ccc%11ccccc%11c%10)cc9n(c56)c87)c34)cc2)cc1. The van der Waals surface area contributed by atoms with Gasteiger partial charge in [-0.1, -0.05) is 224 Å². The average Bonchev–Trinajstić information content (AvgIpc) is 1.53. The van der Waals surface area contributed by atoms with Crippen molar-refractivity contribution in [2.45, 2.75) is 52.4 Å². The summed E-state index contributed by atoms with van der Waals surface area (Å²) in [5.74, 6) is 0. The van der Waals surface area contributed by atoms with Crippen molar-refractivity contribution in [3.63, 3.8) is 0 Å². The molecule has 0 aliphatic heterocycles. The minimum absolute atomic E-state index is 0.0859. The molecule has 0 aliphatic carbocycles. The Bertz CT molecular complexity index is 5640. The fourth-order valence-electron chi connectivity index (χ4n) is 14.2. The van der Waals surface area contributed by atoms with E-state index >= 15 is 0 Å². The van der Waals surface area contributed by atoms with Gasteiger partial charge in [-0.2, -0.15) is 0 Å². The zero-order chi connectivity index (χ0) is 60.6. The van der Waals surface area contributed by atoms with Crippen LogP contribution < -0.4 is 9.80 Å². The summed E-state index contributed by atoms with van der Waals surface area (Å²) in [4.78, 5) is 4.79. The van der Waals surface area contributed by atoms with Crippen molar-refractivity contribution in [3.05, 3.63) is 296 Å². The largest absolute Gasteiger partial charge is 0.456 e. The number of hydrogen-bond acceptors (Lipinski definition) is 3. The number of benzene rings is 14. The molecule has 3 aromatic heterocycles. The van der Waals surface area contributed by atoms with Gasteiger partial charge in [0.05, 0.1) is 16.6 Å². The zero-order valence-corrected chi connectivity index (χ0v) is 51.4. The Hall–Kier alpha value is -10.9. The molecule has 0 saturated heterocycles. The molecule has 4 heteroatoms. The minimum atomic E-state index is 0.0859. The van der Waals surface area contributed by atoms with Crippen LogP contribution in [0.4, 0.5) is 34.1 Å². The lowest BCUT2D eigenvalue weighted by Crippen LogP contribution is -2.10. The second kappa shape index (κ2) is 20.3. The molecule has 14 aromatic carbocycles. The molecule has 0 atom stereocenters. The summed E-state index contributed by atoms with van der Waals surface area (Å²) in [6.07, 6.45) is 0. The number of anilines is 6. The Balaban J connectivity index is 0.837. The van der Waals surface area contributed by atoms with E-state index < -0.39 is 0 Å². The summed E-state index contributed by atoms with van der Waals surface area (Å²) in [7, 11) is 0. The maximum absolute atomic E-state index is 7.03. The highest BCUT2D eigenvalue weighted by Gasteiger charge is 2.25. The van der Waals surface area contributed by atoms with Crippen LogP contribution in [0.3, 0.4) is 0 Å². The van der Waals surface area contributed by atoms with Crippen LogP contribution in [0.1, 0.15) is 52.7 Å². The lowest BCUT2D eigenvalue weighted by atomic mass is 9.86. The summed E-state index contributed by atoms with van der Waals surface area (Å²) in [5, 5.41) is 14.2. The molecular formula is C86H65N3O. The van der Waals surface area contributed by atoms with Crippen molar-refractivity contribution < 1.29 is 4.42 Å². The van der Waals surface area contributed by atoms with Gasteiger partial charge in [-0.05, 0) is 179 Å². The van der Waals surface area contributed by atoms with Crippen molar-refractivity contribution in [1.82, 2.24) is 4.40 Å². The number of hydrogen-bond donors (Lipinski definition) is 0. The monoisotopic (exact) mass is 1160 g/mol. The molecule has 0 bridgehead atoms. The lowest BCUT2D eigenvalue weighted by Gasteiger charge is -2.26. The Morgan fingerprint density at radius 1 is 0.267 bits per heavy atom. The second-order valence-electron chi connectivity index (χ2n) is 26.6. The zero-order valence-electron chi connectivity index (χ0n) is 51.4. The first-order chi connectivity index (χ1) is 43.8. The molecule has 430 valence electrons. The van der Waals surface area contributed by atoms with E-state index in [0.29, 0.717) is 0 Å². The molecule has 17 aromatic rings. The van der Waals surface area contributed by atoms with Crippen molar-refractivity contribution in [3.8, 4) is 33.4 Å². The van der Waals surface area contributed by atoms with Crippen LogP contribution in [0.2, 0.25) is 0 Å². The molecular weight excluding hydrogens is 1090 g/mol. The number of rotatable bonds is 9. The maximum Gasteiger partial charge on any atom is 0.137 e. The fourth-order valence-corrected chi connectivity index (χ4v) is 14.2. The molecule has 0 unspecified atom stereocenters. The summed E-state index contributed by atoms with van der Waals surface area (Å²) < 4.78 is 9.59. The molecule has 0 N–H and O–H groups in total. The van der Waals surface area contributed by atoms with Gasteiger partial charge in [0.1, 0.15) is 11.2 Å². The summed E-state index contributed by atoms with van der Waals surface area (Å²) in [5.41, 5.74) is 21.7. The topological polar surface area (TPSA) is 24.0 Å². The molecule has 90 heavy (non-hydrogen) atoms. The van der Waals surface area contributed by atoms with E-state index in [1.165, 1.54) is 104 Å². The highest BCUT2D eigenvalue weighted by Crippen LogP contribution is 2.49. The minimum Gasteiger partial charge on any atom is -0.456 e. The number of furan rings is 1. The predicted octanol–water partition coefficient (Wildman–Crippen LogP) is 24.7. The van der Waals surface area contributed by atoms with Crippen LogP contribution in [0.15, 0.2) is 290 Å². The van der Waals surface area contributed by atoms with E-state index in [0.717, 1.165) is 67.0 Å². The molecule has 17 rings (SSSR count). The van der Waals surface area contributed by atoms with Crippen LogP contribution in [-0.2, 0) is 10.8 Å². The van der Waals surface area contributed by atoms with Gasteiger partial charge in [-0.3, -0.25) is 0 Å². The van der Waals surface area contributed by atoms with E-state index in [-0.39, 0.29) is 10.8 Å². The third-order valence-electron chi connectivity index (χ3n) is 19.0. The molecule has 0 saturated carbocycles. The van der Waals surface area contributed by atoms with E-state index in [1.54, 1.807) is 0 Å². The van der Waals surface area contributed by atoms with Gasteiger partial charge in [0.15, 0.2) is 0 Å². The first-order valence-corrected chi connectivity index (χ1v) is 31.4. The summed E-state index contributed by atoms with van der Waals surface area (Å²) in [6.45, 7) is 13.6. The van der Waals surface area contributed by atoms with E-state index in [9.17, 15) is 0 Å². The highest BCUT2D eigenvalue weighted by molar-refractivity contribution is 6.31. The molecule has 0 radical (unpaired) electrons. The van der Waals surface area contributed by atoms with E-state index in [4.69, 9.17) is 4.42 Å². The molecule has 3 heterocycles. The molecule has 0 amide bonds. The fraction of sp³-hybridized carbons (Fsp3) is 0.0930. The number of aromatic nitrogens is 1. The smallest absolute Gasteiger partial charge is 0.137 e. The van der Waals surface area contributed by atoms with Crippen molar-refractivity contribution in [2.24, 2.45) is 0 Å². The predicted molar refractivity (Wildman–Crippen MR) is 384 cm³/mol. The van der Waals surface area contributed by atoms with Gasteiger partial charge < -0.3 is 18.6 Å². The Kier molecular flexibility index (Phi) is 12.0. The van der Waals surface area contributed by atoms with Gasteiger partial charge in [-0.15, -0.1) is 0 Å². The van der Waals surface area contributed by atoms with Crippen LogP contribution >= 0.6 is 0 Å². The van der Waals surface area contributed by atoms with Gasteiger partial charge in [0.25, 0.3) is 0 Å². The third kappa shape index (κ3) is 8.80. The Morgan fingerprint density at radius 3 is 1.20 bits per heavy atom. The van der Waals surface area contributed by atoms with E-state index in [1.807, 2.05) is 0 Å². The second-order valence-corrected chi connectivity index (χ2v) is 26.6. The van der Waals surface area contributed by atoms with Crippen LogP contribution in [0.25, 0.3) is 126 Å². The average molecular weight is 1160 g/mol. The summed E-state index contributed by atoms with van der Waals surface area (Å²) >= 11 is 0. The quantitative estimate of drug-likeness (QED) is 0.144. The van der Waals surface area contributed by atoms with Crippen LogP contribution in [0.5, 0.6) is 0 Å². The van der Waals surface area contributed by atoms with Crippen molar-refractivity contribution >= 4 is 126 Å². The molecule has 4 nitrogen and oxygen atoms in total. The third-order valence-corrected chi connectivity index (χ3v) is 19.0. The Labute approximate surface area is 524 Å². The molecule has 0 spiro atoms. The Morgan fingerprint density at radius 2 is 0.656 bits per heavy atom. The highest BCUT2D eigenvalue weighted by atomic mass is 16.3. The maximum atomic E-state index is 7.03. The normalized spacial score (nSPS) is 12.3. The first kappa shape index (κ1) is 53.3.